The van der Waals surface area contributed by atoms with Crippen LogP contribution in [0.1, 0.15) is 5.56 Å². The van der Waals surface area contributed by atoms with Crippen LogP contribution in [0.25, 0.3) is 0 Å². The molecule has 0 aliphatic carbocycles. The fourth-order valence-electron chi connectivity index (χ4n) is 1.09. The maximum absolute atomic E-state index is 11.6. The second-order valence-electron chi connectivity index (χ2n) is 2.95. The monoisotopic (exact) mass is 242 g/mol. The van der Waals surface area contributed by atoms with Gasteiger partial charge in [0.2, 0.25) is 5.96 Å². The molecule has 1 aromatic carbocycles. The van der Waals surface area contributed by atoms with Crippen molar-refractivity contribution >= 4 is 16.0 Å². The molecule has 0 unspecified atom stereocenters. The SMILES string of the molecule is N=C(N)N(N=O)S(=O)(=O)Cc1ccccc1. The van der Waals surface area contributed by atoms with Crippen LogP contribution in [-0.4, -0.2) is 18.8 Å². The fourth-order valence-corrected chi connectivity index (χ4v) is 2.23. The molecule has 0 bridgehead atoms. The Bertz CT molecular complexity index is 485. The minimum Gasteiger partial charge on any atom is -0.368 e. The van der Waals surface area contributed by atoms with Gasteiger partial charge in [-0.05, 0) is 5.56 Å². The van der Waals surface area contributed by atoms with Crippen molar-refractivity contribution in [1.82, 2.24) is 4.41 Å². The maximum Gasteiger partial charge on any atom is 0.263 e. The molecule has 0 atom stereocenters. The summed E-state index contributed by atoms with van der Waals surface area (Å²) in [5, 5.41) is 9.11. The van der Waals surface area contributed by atoms with E-state index in [4.69, 9.17) is 11.1 Å². The van der Waals surface area contributed by atoms with Crippen molar-refractivity contribution in [2.45, 2.75) is 5.75 Å². The van der Waals surface area contributed by atoms with Gasteiger partial charge in [-0.15, -0.1) is 4.91 Å². The van der Waals surface area contributed by atoms with Crippen LogP contribution in [0, 0.1) is 10.3 Å². The highest BCUT2D eigenvalue weighted by atomic mass is 32.2. The Kier molecular flexibility index (Phi) is 3.56. The van der Waals surface area contributed by atoms with Crippen LogP contribution in [0.3, 0.4) is 0 Å². The largest absolute Gasteiger partial charge is 0.368 e. The predicted octanol–water partition coefficient (Wildman–Crippen LogP) is 0.393. The van der Waals surface area contributed by atoms with Gasteiger partial charge in [-0.3, -0.25) is 5.41 Å². The molecule has 7 nitrogen and oxygen atoms in total. The number of rotatable bonds is 4. The lowest BCUT2D eigenvalue weighted by Crippen LogP contribution is -2.37. The summed E-state index contributed by atoms with van der Waals surface area (Å²) in [6.45, 7) is 0. The first-order valence-corrected chi connectivity index (χ1v) is 5.82. The Morgan fingerprint density at radius 2 is 1.94 bits per heavy atom. The molecule has 1 aromatic rings. The highest BCUT2D eigenvalue weighted by Crippen LogP contribution is 2.10. The molecule has 0 aliphatic heterocycles. The van der Waals surface area contributed by atoms with Gasteiger partial charge in [-0.25, -0.2) is 8.42 Å². The minimum atomic E-state index is -4.02. The van der Waals surface area contributed by atoms with Crippen molar-refractivity contribution in [2.24, 2.45) is 11.0 Å². The molecule has 0 saturated carbocycles. The molecule has 3 N–H and O–H groups in total. The van der Waals surface area contributed by atoms with Crippen molar-refractivity contribution in [1.29, 1.82) is 5.41 Å². The van der Waals surface area contributed by atoms with Crippen LogP contribution in [0.15, 0.2) is 35.6 Å². The third-order valence-corrected chi connectivity index (χ3v) is 3.22. The molecule has 0 heterocycles. The van der Waals surface area contributed by atoms with E-state index < -0.39 is 21.7 Å². The molecule has 0 radical (unpaired) electrons. The van der Waals surface area contributed by atoms with Crippen molar-refractivity contribution in [3.8, 4) is 0 Å². The number of hydrogen-bond donors (Lipinski definition) is 2. The van der Waals surface area contributed by atoms with E-state index >= 15 is 0 Å². The summed E-state index contributed by atoms with van der Waals surface area (Å²) >= 11 is 0. The van der Waals surface area contributed by atoms with Crippen LogP contribution in [-0.2, 0) is 15.8 Å². The Balaban J connectivity index is 2.96. The molecule has 0 aromatic heterocycles. The molecular weight excluding hydrogens is 232 g/mol. The lowest BCUT2D eigenvalue weighted by Gasteiger charge is -2.12. The summed E-state index contributed by atoms with van der Waals surface area (Å²) < 4.78 is 23.1. The molecule has 0 amide bonds. The molecule has 16 heavy (non-hydrogen) atoms. The number of sulfonamides is 1. The molecule has 0 fully saturated rings. The first kappa shape index (κ1) is 12.1. The number of guanidine groups is 1. The van der Waals surface area contributed by atoms with Gasteiger partial charge in [-0.2, -0.15) is 0 Å². The molecule has 8 heteroatoms. The van der Waals surface area contributed by atoms with E-state index in [-0.39, 0.29) is 4.41 Å². The molecule has 0 aliphatic rings. The highest BCUT2D eigenvalue weighted by Gasteiger charge is 2.24. The quantitative estimate of drug-likeness (QED) is 0.344. The van der Waals surface area contributed by atoms with E-state index in [0.29, 0.717) is 5.56 Å². The van der Waals surface area contributed by atoms with E-state index in [9.17, 15) is 13.3 Å². The van der Waals surface area contributed by atoms with Gasteiger partial charge in [0.25, 0.3) is 10.0 Å². The molecular formula is C8H10N4O3S. The number of nitrogens with zero attached hydrogens (tertiary/aromatic N) is 2. The number of nitrogens with two attached hydrogens (primary N) is 1. The number of benzene rings is 1. The Morgan fingerprint density at radius 3 is 2.38 bits per heavy atom. The smallest absolute Gasteiger partial charge is 0.263 e. The number of hydrogen-bond acceptors (Lipinski definition) is 5. The van der Waals surface area contributed by atoms with Crippen LogP contribution in [0.4, 0.5) is 0 Å². The summed E-state index contributed by atoms with van der Waals surface area (Å²) in [7, 11) is -4.02. The van der Waals surface area contributed by atoms with Crippen molar-refractivity contribution in [3.63, 3.8) is 0 Å². The van der Waals surface area contributed by atoms with Crippen LogP contribution >= 0.6 is 0 Å². The van der Waals surface area contributed by atoms with Gasteiger partial charge >= 0.3 is 0 Å². The lowest BCUT2D eigenvalue weighted by atomic mass is 10.2. The van der Waals surface area contributed by atoms with Crippen molar-refractivity contribution in [2.75, 3.05) is 0 Å². The number of nitroso groups, excluding NO2 is 1. The average molecular weight is 242 g/mol. The Labute approximate surface area is 92.4 Å². The predicted molar refractivity (Wildman–Crippen MR) is 58.6 cm³/mol. The fraction of sp³-hybridized carbons (Fsp3) is 0.125. The average Bonchev–Trinajstić information content (AvgIpc) is 2.18. The number of nitrogens with one attached hydrogen (secondary N) is 1. The summed E-state index contributed by atoms with van der Waals surface area (Å²) in [6.07, 6.45) is 0. The minimum absolute atomic E-state index is 0.0417. The Morgan fingerprint density at radius 1 is 1.38 bits per heavy atom. The molecule has 0 saturated heterocycles. The third kappa shape index (κ3) is 2.76. The summed E-state index contributed by atoms with van der Waals surface area (Å²) in [5.74, 6) is -1.36. The lowest BCUT2D eigenvalue weighted by molar-refractivity contribution is 0.527. The van der Waals surface area contributed by atoms with Gasteiger partial charge in [0.1, 0.15) is 0 Å². The summed E-state index contributed by atoms with van der Waals surface area (Å²) in [6, 6.07) is 8.23. The van der Waals surface area contributed by atoms with Crippen LogP contribution < -0.4 is 5.73 Å². The maximum atomic E-state index is 11.6. The first-order valence-electron chi connectivity index (χ1n) is 4.21. The van der Waals surface area contributed by atoms with Gasteiger partial charge in [0.05, 0.1) is 11.0 Å². The summed E-state index contributed by atoms with van der Waals surface area (Å²) in [4.78, 5) is 10.3. The van der Waals surface area contributed by atoms with Crippen molar-refractivity contribution in [3.05, 3.63) is 40.8 Å². The van der Waals surface area contributed by atoms with Crippen molar-refractivity contribution < 1.29 is 8.42 Å². The molecule has 0 spiro atoms. The second-order valence-corrected chi connectivity index (χ2v) is 4.75. The van der Waals surface area contributed by atoms with Gasteiger partial charge in [-0.1, -0.05) is 34.7 Å². The van der Waals surface area contributed by atoms with Crippen LogP contribution in [0.2, 0.25) is 0 Å². The summed E-state index contributed by atoms with van der Waals surface area (Å²) in [5.41, 5.74) is 5.41. The van der Waals surface area contributed by atoms with E-state index in [0.717, 1.165) is 0 Å². The zero-order valence-corrected chi connectivity index (χ0v) is 9.02. The zero-order valence-electron chi connectivity index (χ0n) is 8.20. The van der Waals surface area contributed by atoms with E-state index in [1.807, 2.05) is 0 Å². The molecule has 1 rings (SSSR count). The molecule has 86 valence electrons. The van der Waals surface area contributed by atoms with Gasteiger partial charge < -0.3 is 5.73 Å². The Hall–Kier alpha value is -1.96. The van der Waals surface area contributed by atoms with Gasteiger partial charge in [0.15, 0.2) is 0 Å². The zero-order chi connectivity index (χ0) is 12.2. The second kappa shape index (κ2) is 4.71. The van der Waals surface area contributed by atoms with Crippen LogP contribution in [0.5, 0.6) is 0 Å². The van der Waals surface area contributed by atoms with E-state index in [1.165, 1.54) is 0 Å². The first-order chi connectivity index (χ1) is 7.47. The van der Waals surface area contributed by atoms with E-state index in [1.54, 1.807) is 30.3 Å². The van der Waals surface area contributed by atoms with E-state index in [2.05, 4.69) is 5.29 Å². The standard InChI is InChI=1S/C8H10N4O3S/c9-8(10)12(11-13)16(14,15)6-7-4-2-1-3-5-7/h1-5H,6H2,(H3,9,10). The topological polar surface area (TPSA) is 117 Å². The normalized spacial score (nSPS) is 10.8. The van der Waals surface area contributed by atoms with Gasteiger partial charge in [0, 0.05) is 0 Å². The highest BCUT2D eigenvalue weighted by molar-refractivity contribution is 7.88. The third-order valence-electron chi connectivity index (χ3n) is 1.74.